The highest BCUT2D eigenvalue weighted by molar-refractivity contribution is 6.12. The zero-order chi connectivity index (χ0) is 39.2. The van der Waals surface area contributed by atoms with Crippen molar-refractivity contribution in [1.29, 1.82) is 0 Å². The van der Waals surface area contributed by atoms with Gasteiger partial charge in [0, 0.05) is 68.3 Å². The van der Waals surface area contributed by atoms with E-state index in [4.69, 9.17) is 10.5 Å². The van der Waals surface area contributed by atoms with Crippen molar-refractivity contribution in [3.8, 4) is 17.6 Å². The number of nitrogens with zero attached hydrogens (tertiary/aromatic N) is 4. The molecule has 53 heavy (non-hydrogen) atoms. The fraction of sp³-hybridized carbons (Fsp3) is 0.476. The van der Waals surface area contributed by atoms with Gasteiger partial charge in [-0.25, -0.2) is 0 Å². The lowest BCUT2D eigenvalue weighted by Gasteiger charge is -2.20. The first kappa shape index (κ1) is 43.9. The van der Waals surface area contributed by atoms with Crippen LogP contribution in [0.4, 0.5) is 17.2 Å². The Hall–Kier alpha value is -5.24. The number of aliphatic imine (C=N–C) groups is 1. The van der Waals surface area contributed by atoms with Gasteiger partial charge >= 0.3 is 0 Å². The lowest BCUT2D eigenvalue weighted by molar-refractivity contribution is -0.108. The Labute approximate surface area is 317 Å². The molecule has 2 heterocycles. The van der Waals surface area contributed by atoms with Gasteiger partial charge in [0.2, 0.25) is 0 Å². The normalized spacial score (nSPS) is 13.4. The molecule has 0 spiro atoms. The van der Waals surface area contributed by atoms with E-state index in [1.807, 2.05) is 36.5 Å². The van der Waals surface area contributed by atoms with Gasteiger partial charge in [0.15, 0.2) is 17.3 Å². The number of aryl methyl sites for hydroxylation is 1. The Balaban J connectivity index is 0.000000437. The van der Waals surface area contributed by atoms with Crippen LogP contribution in [0.3, 0.4) is 0 Å². The smallest absolute Gasteiger partial charge is 0.273 e. The number of amides is 1. The SMILES string of the molecule is CCC(C)CC(CC)/C(N)=C/C(=NC)c1cccc(Nc2cc(NC)nnc2C(=O)NC)c1OC.CCCC#Cc1ccnc(CC)c1.O=CC1CC1. The van der Waals surface area contributed by atoms with E-state index in [9.17, 15) is 9.59 Å². The highest BCUT2D eigenvalue weighted by atomic mass is 16.5. The quantitative estimate of drug-likeness (QED) is 0.0699. The maximum Gasteiger partial charge on any atom is 0.273 e. The van der Waals surface area contributed by atoms with E-state index in [1.165, 1.54) is 0 Å². The molecule has 1 saturated carbocycles. The third kappa shape index (κ3) is 14.7. The van der Waals surface area contributed by atoms with E-state index >= 15 is 0 Å². The second kappa shape index (κ2) is 24.1. The van der Waals surface area contributed by atoms with E-state index in [0.717, 1.165) is 85.9 Å². The number of carbonyl (C=O) groups is 2. The van der Waals surface area contributed by atoms with Crippen LogP contribution in [-0.4, -0.2) is 61.3 Å². The minimum Gasteiger partial charge on any atom is -0.494 e. The molecule has 1 fully saturated rings. The molecule has 0 aliphatic heterocycles. The summed E-state index contributed by atoms with van der Waals surface area (Å²) in [6.45, 7) is 10.9. The Morgan fingerprint density at radius 2 is 1.85 bits per heavy atom. The number of ether oxygens (including phenoxy) is 1. The van der Waals surface area contributed by atoms with Gasteiger partial charge < -0.3 is 31.2 Å². The van der Waals surface area contributed by atoms with Crippen molar-refractivity contribution in [2.45, 2.75) is 86.0 Å². The number of para-hydroxylation sites is 1. The Morgan fingerprint density at radius 3 is 2.40 bits per heavy atom. The number of unbranched alkanes of at least 4 members (excludes halogenated alkanes) is 1. The predicted octanol–water partition coefficient (Wildman–Crippen LogP) is 7.74. The standard InChI is InChI=1S/C26H39N7O2.C12H15N.C4H6O/c1-8-16(3)13-17(9-2)19(27)14-21(28-4)18-11-10-12-20(25(18)35-7)31-22-15-23(29-5)32-33-24(22)26(34)30-6;1-3-5-6-7-11-8-9-13-12(4-2)10-11;5-3-4-1-2-4/h10-12,14-17H,8-9,13,27H2,1-7H3,(H,30,34)(H2,29,31,32);8-10H,3-5H2,1-2H3;3-4H,1-2H2/b19-14-,28-21?;;. The van der Waals surface area contributed by atoms with E-state index in [2.05, 4.69) is 88.7 Å². The number of rotatable bonds is 15. The van der Waals surface area contributed by atoms with Crippen molar-refractivity contribution < 1.29 is 14.3 Å². The highest BCUT2D eigenvalue weighted by Gasteiger charge is 2.20. The summed E-state index contributed by atoms with van der Waals surface area (Å²) in [4.78, 5) is 30.7. The van der Waals surface area contributed by atoms with Gasteiger partial charge in [0.1, 0.15) is 6.29 Å². The third-order valence-electron chi connectivity index (χ3n) is 8.75. The number of hydrogen-bond acceptors (Lipinski definition) is 10. The first-order valence-electron chi connectivity index (χ1n) is 18.7. The minimum absolute atomic E-state index is 0.170. The number of anilines is 3. The number of aromatic nitrogens is 3. The van der Waals surface area contributed by atoms with Crippen molar-refractivity contribution in [2.75, 3.05) is 38.9 Å². The molecule has 11 heteroatoms. The molecule has 1 amide bonds. The fourth-order valence-electron chi connectivity index (χ4n) is 5.10. The van der Waals surface area contributed by atoms with Gasteiger partial charge in [-0.1, -0.05) is 58.9 Å². The zero-order valence-corrected chi connectivity index (χ0v) is 33.2. The van der Waals surface area contributed by atoms with Crippen LogP contribution in [0.15, 0.2) is 59.4 Å². The van der Waals surface area contributed by atoms with Crippen LogP contribution in [0.25, 0.3) is 0 Å². The van der Waals surface area contributed by atoms with Crippen molar-refractivity contribution in [3.63, 3.8) is 0 Å². The predicted molar refractivity (Wildman–Crippen MR) is 218 cm³/mol. The molecule has 1 aliphatic rings. The van der Waals surface area contributed by atoms with Crippen LogP contribution < -0.4 is 26.4 Å². The molecule has 1 aromatic carbocycles. The van der Waals surface area contributed by atoms with Gasteiger partial charge in [-0.05, 0) is 80.7 Å². The molecule has 5 N–H and O–H groups in total. The monoisotopic (exact) mass is 724 g/mol. The summed E-state index contributed by atoms with van der Waals surface area (Å²) in [5.41, 5.74) is 12.4. The van der Waals surface area contributed by atoms with Crippen molar-refractivity contribution >= 4 is 35.1 Å². The number of hydrogen-bond donors (Lipinski definition) is 4. The molecule has 1 aliphatic carbocycles. The maximum absolute atomic E-state index is 12.4. The number of aldehydes is 1. The number of methoxy groups -OCH3 is 1. The second-order valence-corrected chi connectivity index (χ2v) is 12.9. The molecule has 2 unspecified atom stereocenters. The summed E-state index contributed by atoms with van der Waals surface area (Å²) < 4.78 is 5.80. The Kier molecular flexibility index (Phi) is 20.0. The average Bonchev–Trinajstić information content (AvgIpc) is 4.04. The lowest BCUT2D eigenvalue weighted by Crippen LogP contribution is -2.21. The first-order chi connectivity index (χ1) is 25.6. The molecule has 2 aromatic heterocycles. The molecule has 3 aromatic rings. The fourth-order valence-corrected chi connectivity index (χ4v) is 5.10. The molecule has 4 rings (SSSR count). The van der Waals surface area contributed by atoms with Crippen LogP contribution in [0.2, 0.25) is 0 Å². The molecule has 0 radical (unpaired) electrons. The molecule has 0 saturated heterocycles. The summed E-state index contributed by atoms with van der Waals surface area (Å²) in [5.74, 6) is 8.34. The van der Waals surface area contributed by atoms with Crippen LogP contribution in [0.5, 0.6) is 5.75 Å². The topological polar surface area (TPSA) is 157 Å². The minimum atomic E-state index is -0.351. The molecule has 2 atom stereocenters. The summed E-state index contributed by atoms with van der Waals surface area (Å²) in [7, 11) is 6.63. The largest absolute Gasteiger partial charge is 0.494 e. The van der Waals surface area contributed by atoms with E-state index < -0.39 is 0 Å². The Bertz CT molecular complexity index is 1720. The average molecular weight is 725 g/mol. The first-order valence-corrected chi connectivity index (χ1v) is 18.7. The second-order valence-electron chi connectivity index (χ2n) is 12.9. The number of nitrogens with one attached hydrogen (secondary N) is 3. The number of benzene rings is 1. The van der Waals surface area contributed by atoms with Crippen LogP contribution in [0, 0.1) is 29.6 Å². The highest BCUT2D eigenvalue weighted by Crippen LogP contribution is 2.34. The van der Waals surface area contributed by atoms with E-state index in [-0.39, 0.29) is 17.5 Å². The summed E-state index contributed by atoms with van der Waals surface area (Å²) in [5, 5.41) is 16.9. The summed E-state index contributed by atoms with van der Waals surface area (Å²) >= 11 is 0. The molecule has 286 valence electrons. The van der Waals surface area contributed by atoms with Crippen LogP contribution >= 0.6 is 0 Å². The molecular weight excluding hydrogens is 665 g/mol. The maximum atomic E-state index is 12.4. The number of carbonyl (C=O) groups excluding carboxylic acids is 2. The molecular formula is C42H60N8O3. The van der Waals surface area contributed by atoms with Crippen molar-refractivity contribution in [1.82, 2.24) is 20.5 Å². The molecule has 0 bridgehead atoms. The van der Waals surface area contributed by atoms with Gasteiger partial charge in [0.25, 0.3) is 5.91 Å². The molecule has 11 nitrogen and oxygen atoms in total. The van der Waals surface area contributed by atoms with Crippen molar-refractivity contribution in [2.24, 2.45) is 28.5 Å². The van der Waals surface area contributed by atoms with Crippen molar-refractivity contribution in [3.05, 3.63) is 76.9 Å². The summed E-state index contributed by atoms with van der Waals surface area (Å²) in [6, 6.07) is 11.4. The lowest BCUT2D eigenvalue weighted by atomic mass is 9.89. The van der Waals surface area contributed by atoms with E-state index in [0.29, 0.717) is 34.8 Å². The number of pyridine rings is 1. The van der Waals surface area contributed by atoms with E-state index in [1.54, 1.807) is 34.3 Å². The number of nitrogens with two attached hydrogens (primary N) is 1. The van der Waals surface area contributed by atoms with Crippen LogP contribution in [0.1, 0.15) is 107 Å². The van der Waals surface area contributed by atoms with Gasteiger partial charge in [-0.3, -0.25) is 14.8 Å². The van der Waals surface area contributed by atoms with Gasteiger partial charge in [0.05, 0.1) is 24.2 Å². The Morgan fingerprint density at radius 1 is 1.09 bits per heavy atom. The van der Waals surface area contributed by atoms with Gasteiger partial charge in [-0.2, -0.15) is 0 Å². The summed E-state index contributed by atoms with van der Waals surface area (Å²) in [6.07, 6.45) is 13.3. The van der Waals surface area contributed by atoms with Crippen LogP contribution in [-0.2, 0) is 11.2 Å². The number of allylic oxidation sites excluding steroid dienone is 2. The van der Waals surface area contributed by atoms with Gasteiger partial charge in [-0.15, -0.1) is 10.2 Å². The zero-order valence-electron chi connectivity index (χ0n) is 33.2. The third-order valence-corrected chi connectivity index (χ3v) is 8.75.